The molecule has 0 bridgehead atoms. The van der Waals surface area contributed by atoms with Crippen molar-refractivity contribution in [1.82, 2.24) is 0 Å². The van der Waals surface area contributed by atoms with Crippen molar-refractivity contribution in [2.24, 2.45) is 0 Å². The van der Waals surface area contributed by atoms with Crippen molar-refractivity contribution in [2.75, 3.05) is 0 Å². The number of aliphatic hydroxyl groups is 2. The molecule has 0 amide bonds. The lowest BCUT2D eigenvalue weighted by molar-refractivity contribution is 0.282. The molecule has 2 N–H and O–H groups in total. The third-order valence-corrected chi connectivity index (χ3v) is 17.3. The van der Waals surface area contributed by atoms with E-state index in [1.807, 2.05) is 12.1 Å². The van der Waals surface area contributed by atoms with Gasteiger partial charge >= 0.3 is 0 Å². The maximum Gasteiger partial charge on any atom is 0.136 e. The fourth-order valence-corrected chi connectivity index (χ4v) is 13.0. The number of rotatable bonds is 11. The first-order valence-corrected chi connectivity index (χ1v) is 29.3. The summed E-state index contributed by atoms with van der Waals surface area (Å²) < 4.78 is 14.8. The highest BCUT2D eigenvalue weighted by Crippen LogP contribution is 2.50. The van der Waals surface area contributed by atoms with Crippen molar-refractivity contribution in [3.8, 4) is 78.6 Å². The molecule has 0 saturated carbocycles. The summed E-state index contributed by atoms with van der Waals surface area (Å²) in [5.74, 6) is 2.67. The number of fused-ring (bicyclic) bond motifs is 8. The predicted octanol–water partition coefficient (Wildman–Crippen LogP) is 21.8. The highest BCUT2D eigenvalue weighted by atomic mass is 16.5. The van der Waals surface area contributed by atoms with Gasteiger partial charge in [-0.3, -0.25) is 0 Å². The second-order valence-corrected chi connectivity index (χ2v) is 22.6. The van der Waals surface area contributed by atoms with E-state index in [1.165, 1.54) is 32.3 Å². The molecule has 0 aliphatic carbocycles. The SMILES string of the molecule is OCc1cc(-c2ccc3ccccc3c2)c2cc(Oc3ccc4cc(-c5ccc6ccccc6c5)ccc4c3-c3c(Oc4ccc5cc(CO)cc(-c6ccc7ccccc7c6)c5c4)ccc4cc(-c5ccc6ccccc6c5)ccc34)ccc2c1. The minimum absolute atomic E-state index is 0.0769. The minimum atomic E-state index is -0.0769. The Kier molecular flexibility index (Phi) is 12.5. The molecule has 0 heterocycles. The van der Waals surface area contributed by atoms with Crippen LogP contribution in [-0.2, 0) is 13.2 Å². The number of benzene rings is 16. The third kappa shape index (κ3) is 9.22. The standard InChI is InChI=1S/C82H54O4/c83-49-51-37-65-25-31-71(47-77(65)75(39-51)69-23-19-55-11-3-7-15-59(55)43-69)85-79-35-29-67-45-63(61-21-17-53-9-1-5-13-57(53)41-61)27-33-73(67)81(79)82-74-34-28-64(62-22-18-54-10-2-6-14-58(54)42-62)46-68(74)30-36-80(82)86-72-32-26-66-38-52(50-84)40-76(78(66)48-72)70-24-20-56-12-4-8-16-60(56)44-70/h1-48,83-84H,49-50H2. The number of ether oxygens (including phenoxy) is 2. The van der Waals surface area contributed by atoms with E-state index in [9.17, 15) is 10.2 Å². The molecule has 16 rings (SSSR count). The first kappa shape index (κ1) is 50.8. The summed E-state index contributed by atoms with van der Waals surface area (Å²) in [6, 6.07) is 103. The van der Waals surface area contributed by atoms with Crippen LogP contribution in [0.4, 0.5) is 0 Å². The van der Waals surface area contributed by atoms with Gasteiger partial charge in [-0.05, 0) is 239 Å². The van der Waals surface area contributed by atoms with Crippen LogP contribution >= 0.6 is 0 Å². The molecule has 16 aromatic carbocycles. The van der Waals surface area contributed by atoms with Crippen LogP contribution in [0.2, 0.25) is 0 Å². The molecular formula is C82H54O4. The molecular weight excluding hydrogens is 1050 g/mol. The van der Waals surface area contributed by atoms with Gasteiger partial charge in [0.15, 0.2) is 0 Å². The zero-order valence-corrected chi connectivity index (χ0v) is 46.8. The topological polar surface area (TPSA) is 58.9 Å². The monoisotopic (exact) mass is 1100 g/mol. The second-order valence-electron chi connectivity index (χ2n) is 22.6. The Morgan fingerprint density at radius 1 is 0.221 bits per heavy atom. The molecule has 86 heavy (non-hydrogen) atoms. The number of hydrogen-bond donors (Lipinski definition) is 2. The Morgan fingerprint density at radius 3 is 0.884 bits per heavy atom. The van der Waals surface area contributed by atoms with E-state index in [4.69, 9.17) is 9.47 Å². The zero-order valence-electron chi connectivity index (χ0n) is 46.8. The maximum atomic E-state index is 10.6. The molecule has 0 aromatic heterocycles. The Labute approximate surface area is 497 Å². The average molecular weight is 1100 g/mol. The molecule has 406 valence electrons. The number of aliphatic hydroxyl groups excluding tert-OH is 2. The van der Waals surface area contributed by atoms with Crippen LogP contribution in [0.25, 0.3) is 142 Å². The summed E-state index contributed by atoms with van der Waals surface area (Å²) in [4.78, 5) is 0. The van der Waals surface area contributed by atoms with E-state index in [2.05, 4.69) is 279 Å². The molecule has 0 atom stereocenters. The fraction of sp³-hybridized carbons (Fsp3) is 0.0244. The highest BCUT2D eigenvalue weighted by Gasteiger charge is 2.23. The Bertz CT molecular complexity index is 5070. The van der Waals surface area contributed by atoms with E-state index in [-0.39, 0.29) is 13.2 Å². The summed E-state index contributed by atoms with van der Waals surface area (Å²) in [6.45, 7) is -0.154. The Hall–Kier alpha value is -10.9. The van der Waals surface area contributed by atoms with Gasteiger partial charge in [0.05, 0.1) is 13.2 Å². The quantitative estimate of drug-likeness (QED) is 0.136. The van der Waals surface area contributed by atoms with Crippen molar-refractivity contribution in [3.63, 3.8) is 0 Å². The zero-order chi connectivity index (χ0) is 57.2. The molecule has 4 heteroatoms. The van der Waals surface area contributed by atoms with Crippen molar-refractivity contribution in [2.45, 2.75) is 13.2 Å². The van der Waals surface area contributed by atoms with Gasteiger partial charge in [0.1, 0.15) is 23.0 Å². The molecule has 0 aliphatic rings. The van der Waals surface area contributed by atoms with Crippen LogP contribution in [0.3, 0.4) is 0 Å². The van der Waals surface area contributed by atoms with Crippen molar-refractivity contribution in [3.05, 3.63) is 302 Å². The van der Waals surface area contributed by atoms with E-state index in [1.54, 1.807) is 0 Å². The van der Waals surface area contributed by atoms with Gasteiger partial charge in [-0.15, -0.1) is 0 Å². The normalized spacial score (nSPS) is 11.7. The van der Waals surface area contributed by atoms with E-state index in [0.29, 0.717) is 23.0 Å². The van der Waals surface area contributed by atoms with Crippen LogP contribution in [0.5, 0.6) is 23.0 Å². The van der Waals surface area contributed by atoms with Crippen LogP contribution in [-0.4, -0.2) is 10.2 Å². The molecule has 16 aromatic rings. The lowest BCUT2D eigenvalue weighted by Crippen LogP contribution is -1.96. The molecule has 0 unspecified atom stereocenters. The maximum absolute atomic E-state index is 10.6. The lowest BCUT2D eigenvalue weighted by Gasteiger charge is -2.21. The number of hydrogen-bond acceptors (Lipinski definition) is 4. The van der Waals surface area contributed by atoms with Gasteiger partial charge in [0, 0.05) is 11.1 Å². The van der Waals surface area contributed by atoms with Crippen LogP contribution in [0.1, 0.15) is 11.1 Å². The summed E-state index contributed by atoms with van der Waals surface area (Å²) in [6.07, 6.45) is 0. The van der Waals surface area contributed by atoms with Crippen LogP contribution in [0, 0.1) is 0 Å². The van der Waals surface area contributed by atoms with Crippen molar-refractivity contribution >= 4 is 86.2 Å². The van der Waals surface area contributed by atoms with E-state index >= 15 is 0 Å². The Balaban J connectivity index is 0.909. The molecule has 0 aliphatic heterocycles. The summed E-state index contributed by atoms with van der Waals surface area (Å²) in [5.41, 5.74) is 12.1. The highest BCUT2D eigenvalue weighted by molar-refractivity contribution is 6.12. The van der Waals surface area contributed by atoms with E-state index < -0.39 is 0 Å². The van der Waals surface area contributed by atoms with Crippen LogP contribution in [0.15, 0.2) is 291 Å². The van der Waals surface area contributed by atoms with Crippen LogP contribution < -0.4 is 9.47 Å². The van der Waals surface area contributed by atoms with Gasteiger partial charge in [-0.25, -0.2) is 0 Å². The summed E-state index contributed by atoms with van der Waals surface area (Å²) >= 11 is 0. The second kappa shape index (κ2) is 21.1. The predicted molar refractivity (Wildman–Crippen MR) is 359 cm³/mol. The molecule has 0 spiro atoms. The van der Waals surface area contributed by atoms with Gasteiger partial charge in [0.25, 0.3) is 0 Å². The average Bonchev–Trinajstić information content (AvgIpc) is 3.71. The summed E-state index contributed by atoms with van der Waals surface area (Å²) in [5, 5.41) is 38.7. The van der Waals surface area contributed by atoms with Crippen molar-refractivity contribution < 1.29 is 19.7 Å². The van der Waals surface area contributed by atoms with Gasteiger partial charge in [-0.2, -0.15) is 0 Å². The lowest BCUT2D eigenvalue weighted by atomic mass is 9.89. The molecule has 0 fully saturated rings. The minimum Gasteiger partial charge on any atom is -0.457 e. The first-order valence-electron chi connectivity index (χ1n) is 29.3. The fourth-order valence-electron chi connectivity index (χ4n) is 13.0. The molecule has 4 nitrogen and oxygen atoms in total. The van der Waals surface area contributed by atoms with Crippen molar-refractivity contribution in [1.29, 1.82) is 0 Å². The summed E-state index contributed by atoms with van der Waals surface area (Å²) in [7, 11) is 0. The Morgan fingerprint density at radius 2 is 0.512 bits per heavy atom. The van der Waals surface area contributed by atoms with Gasteiger partial charge in [-0.1, -0.05) is 194 Å². The molecule has 0 saturated heterocycles. The first-order chi connectivity index (χ1) is 42.4. The third-order valence-electron chi connectivity index (χ3n) is 17.3. The van der Waals surface area contributed by atoms with E-state index in [0.717, 1.165) is 121 Å². The van der Waals surface area contributed by atoms with Gasteiger partial charge in [0.2, 0.25) is 0 Å². The largest absolute Gasteiger partial charge is 0.457 e. The smallest absolute Gasteiger partial charge is 0.136 e. The van der Waals surface area contributed by atoms with Gasteiger partial charge < -0.3 is 19.7 Å². The molecule has 0 radical (unpaired) electrons.